The fourth-order valence-corrected chi connectivity index (χ4v) is 3.69. The van der Waals surface area contributed by atoms with Gasteiger partial charge in [-0.15, -0.1) is 0 Å². The maximum Gasteiger partial charge on any atom is 0.317 e. The molecule has 1 aliphatic heterocycles. The Morgan fingerprint density at radius 3 is 1.19 bits per heavy atom. The van der Waals surface area contributed by atoms with E-state index in [0.29, 0.717) is 12.8 Å². The predicted octanol–water partition coefficient (Wildman–Crippen LogP) is -0.682. The van der Waals surface area contributed by atoms with Crippen molar-refractivity contribution in [1.29, 1.82) is 0 Å². The van der Waals surface area contributed by atoms with Crippen LogP contribution < -0.4 is 0 Å². The fourth-order valence-electron chi connectivity index (χ4n) is 3.69. The standard InChI is InChI=1S/C10H16N2O8.C9H19NO2/c13-7(14)3-11(4-8(15)16)1-2-12(5-9(17)18)6-10(19)20;1-8(2)5-7(11)6-9(3,4)10(8)12/h1-6H2,(H,13,14)(H,15,16)(H,17,18)(H,19,20);7,11-12H,5-6H2,1-4H3. The van der Waals surface area contributed by atoms with Gasteiger partial charge in [-0.1, -0.05) is 0 Å². The predicted molar refractivity (Wildman–Crippen MR) is 110 cm³/mol. The molecule has 0 unspecified atom stereocenters. The third-order valence-electron chi connectivity index (χ3n) is 4.78. The average Bonchev–Trinajstić information content (AvgIpc) is 2.55. The maximum atomic E-state index is 10.6. The molecule has 6 N–H and O–H groups in total. The number of carboxylic acids is 4. The van der Waals surface area contributed by atoms with Crippen LogP contribution in [0.2, 0.25) is 0 Å². The van der Waals surface area contributed by atoms with Crippen molar-refractivity contribution in [3.8, 4) is 0 Å². The number of nitrogens with zero attached hydrogens (tertiary/aromatic N) is 3. The molecular formula is C19H35N3O10. The number of carbonyl (C=O) groups is 4. The van der Waals surface area contributed by atoms with E-state index in [1.54, 1.807) is 0 Å². The summed E-state index contributed by atoms with van der Waals surface area (Å²) in [6.07, 6.45) is 0.971. The zero-order chi connectivity index (χ0) is 25.3. The number of aliphatic hydroxyl groups excluding tert-OH is 1. The zero-order valence-electron chi connectivity index (χ0n) is 18.9. The molecule has 1 heterocycles. The number of aliphatic hydroxyl groups is 1. The second-order valence-corrected chi connectivity index (χ2v) is 9.00. The van der Waals surface area contributed by atoms with Crippen LogP contribution in [0.15, 0.2) is 0 Å². The van der Waals surface area contributed by atoms with Crippen molar-refractivity contribution in [2.75, 3.05) is 39.3 Å². The molecule has 0 bridgehead atoms. The number of carboxylic acid groups (broad SMARTS) is 4. The molecule has 0 spiro atoms. The van der Waals surface area contributed by atoms with E-state index in [0.717, 1.165) is 9.80 Å². The molecule has 0 aliphatic carbocycles. The van der Waals surface area contributed by atoms with Crippen LogP contribution in [0.1, 0.15) is 40.5 Å². The molecule has 186 valence electrons. The Hall–Kier alpha value is -2.32. The van der Waals surface area contributed by atoms with Crippen LogP contribution in [0.4, 0.5) is 0 Å². The van der Waals surface area contributed by atoms with Crippen molar-refractivity contribution >= 4 is 23.9 Å². The van der Waals surface area contributed by atoms with Crippen LogP contribution in [0.25, 0.3) is 0 Å². The van der Waals surface area contributed by atoms with Gasteiger partial charge in [0.25, 0.3) is 0 Å². The number of rotatable bonds is 11. The van der Waals surface area contributed by atoms with Gasteiger partial charge >= 0.3 is 23.9 Å². The zero-order valence-corrected chi connectivity index (χ0v) is 18.9. The lowest BCUT2D eigenvalue weighted by molar-refractivity contribution is -0.257. The normalized spacial score (nSPS) is 18.1. The van der Waals surface area contributed by atoms with Gasteiger partial charge in [-0.3, -0.25) is 29.0 Å². The van der Waals surface area contributed by atoms with Gasteiger partial charge in [-0.2, -0.15) is 5.06 Å². The van der Waals surface area contributed by atoms with Gasteiger partial charge < -0.3 is 30.7 Å². The molecule has 0 saturated carbocycles. The molecule has 1 fully saturated rings. The molecule has 1 rings (SSSR count). The third kappa shape index (κ3) is 11.9. The first-order valence-corrected chi connectivity index (χ1v) is 9.95. The van der Waals surface area contributed by atoms with Crippen molar-refractivity contribution in [3.63, 3.8) is 0 Å². The highest BCUT2D eigenvalue weighted by Crippen LogP contribution is 2.36. The van der Waals surface area contributed by atoms with Crippen molar-refractivity contribution in [2.45, 2.75) is 57.7 Å². The van der Waals surface area contributed by atoms with Gasteiger partial charge in [0, 0.05) is 24.2 Å². The molecule has 0 aromatic rings. The number of aliphatic carboxylic acids is 4. The molecular weight excluding hydrogens is 430 g/mol. The second kappa shape index (κ2) is 12.6. The molecule has 0 aromatic carbocycles. The summed E-state index contributed by atoms with van der Waals surface area (Å²) in [5, 5.41) is 55.2. The van der Waals surface area contributed by atoms with Gasteiger partial charge in [0.15, 0.2) is 0 Å². The minimum Gasteiger partial charge on any atom is -0.480 e. The highest BCUT2D eigenvalue weighted by molar-refractivity contribution is 5.73. The molecule has 1 aliphatic rings. The Labute approximate surface area is 186 Å². The Morgan fingerprint density at radius 2 is 0.969 bits per heavy atom. The van der Waals surface area contributed by atoms with E-state index in [1.807, 2.05) is 27.7 Å². The van der Waals surface area contributed by atoms with Gasteiger partial charge in [0.05, 0.1) is 32.3 Å². The van der Waals surface area contributed by atoms with Crippen LogP contribution in [0, 0.1) is 0 Å². The number of piperidine rings is 1. The molecule has 0 atom stereocenters. The molecule has 0 amide bonds. The summed E-state index contributed by atoms with van der Waals surface area (Å²) in [5.74, 6) is -4.91. The van der Waals surface area contributed by atoms with E-state index in [9.17, 15) is 29.5 Å². The minimum atomic E-state index is -1.23. The Morgan fingerprint density at radius 1 is 0.719 bits per heavy atom. The van der Waals surface area contributed by atoms with Crippen LogP contribution >= 0.6 is 0 Å². The molecule has 0 radical (unpaired) electrons. The van der Waals surface area contributed by atoms with Gasteiger partial charge in [-0.25, -0.2) is 0 Å². The van der Waals surface area contributed by atoms with E-state index in [4.69, 9.17) is 20.4 Å². The van der Waals surface area contributed by atoms with E-state index in [1.165, 1.54) is 5.06 Å². The van der Waals surface area contributed by atoms with Gasteiger partial charge in [0.2, 0.25) is 0 Å². The topological polar surface area (TPSA) is 199 Å². The lowest BCUT2D eigenvalue weighted by Crippen LogP contribution is -2.60. The van der Waals surface area contributed by atoms with Gasteiger partial charge in [-0.05, 0) is 40.5 Å². The van der Waals surface area contributed by atoms with Crippen LogP contribution in [0.3, 0.4) is 0 Å². The Bertz CT molecular complexity index is 582. The van der Waals surface area contributed by atoms with Crippen LogP contribution in [0.5, 0.6) is 0 Å². The first-order chi connectivity index (χ1) is 14.5. The fraction of sp³-hybridized carbons (Fsp3) is 0.789. The third-order valence-corrected chi connectivity index (χ3v) is 4.78. The lowest BCUT2D eigenvalue weighted by atomic mass is 9.80. The van der Waals surface area contributed by atoms with Gasteiger partial charge in [0.1, 0.15) is 0 Å². The first kappa shape index (κ1) is 29.7. The summed E-state index contributed by atoms with van der Waals surface area (Å²) in [6, 6.07) is 0. The molecule has 13 nitrogen and oxygen atoms in total. The lowest BCUT2D eigenvalue weighted by Gasteiger charge is -2.50. The van der Waals surface area contributed by atoms with E-state index in [2.05, 4.69) is 0 Å². The summed E-state index contributed by atoms with van der Waals surface area (Å²) < 4.78 is 0. The largest absolute Gasteiger partial charge is 0.480 e. The Balaban J connectivity index is 0.000000677. The van der Waals surface area contributed by atoms with Crippen molar-refractivity contribution in [2.24, 2.45) is 0 Å². The smallest absolute Gasteiger partial charge is 0.317 e. The van der Waals surface area contributed by atoms with E-state index < -0.39 is 50.1 Å². The summed E-state index contributed by atoms with van der Waals surface area (Å²) in [7, 11) is 0. The van der Waals surface area contributed by atoms with Crippen molar-refractivity contribution in [1.82, 2.24) is 14.9 Å². The quantitative estimate of drug-likeness (QED) is 0.224. The molecule has 13 heteroatoms. The highest BCUT2D eigenvalue weighted by Gasteiger charge is 2.44. The molecule has 32 heavy (non-hydrogen) atoms. The van der Waals surface area contributed by atoms with Crippen LogP contribution in [-0.2, 0) is 19.2 Å². The summed E-state index contributed by atoms with van der Waals surface area (Å²) in [5.41, 5.74) is -0.637. The van der Waals surface area contributed by atoms with E-state index in [-0.39, 0.29) is 30.3 Å². The van der Waals surface area contributed by atoms with Crippen molar-refractivity contribution < 1.29 is 49.9 Å². The summed E-state index contributed by atoms with van der Waals surface area (Å²) in [6.45, 7) is 5.52. The van der Waals surface area contributed by atoms with E-state index >= 15 is 0 Å². The first-order valence-electron chi connectivity index (χ1n) is 9.95. The SMILES string of the molecule is CC1(C)CC(O)CC(C)(C)N1O.O=C(O)CN(CCN(CC(=O)O)CC(=O)O)CC(=O)O. The molecule has 1 saturated heterocycles. The minimum absolute atomic E-state index is 0.0703. The van der Waals surface area contributed by atoms with Crippen molar-refractivity contribution in [3.05, 3.63) is 0 Å². The monoisotopic (exact) mass is 465 g/mol. The highest BCUT2D eigenvalue weighted by atomic mass is 16.5. The average molecular weight is 466 g/mol. The number of hydrogen-bond acceptors (Lipinski definition) is 9. The summed E-state index contributed by atoms with van der Waals surface area (Å²) >= 11 is 0. The second-order valence-electron chi connectivity index (χ2n) is 9.00. The number of hydrogen-bond donors (Lipinski definition) is 6. The Kier molecular flexibility index (Phi) is 11.7. The summed E-state index contributed by atoms with van der Waals surface area (Å²) in [4.78, 5) is 44.4. The molecule has 0 aromatic heterocycles. The number of hydroxylamine groups is 2. The van der Waals surface area contributed by atoms with Crippen LogP contribution in [-0.4, -0.2) is 126 Å². The maximum absolute atomic E-state index is 10.6.